The molecule has 0 atom stereocenters. The molecule has 100 valence electrons. The van der Waals surface area contributed by atoms with Crippen LogP contribution in [0.1, 0.15) is 10.5 Å². The van der Waals surface area contributed by atoms with E-state index in [1.807, 2.05) is 0 Å². The highest BCUT2D eigenvalue weighted by Crippen LogP contribution is 2.25. The monoisotopic (exact) mass is 301 g/mol. The summed E-state index contributed by atoms with van der Waals surface area (Å²) in [5, 5.41) is 11.0. The number of anilines is 1. The Morgan fingerprint density at radius 1 is 1.37 bits per heavy atom. The normalized spacial score (nSPS) is 11.3. The number of hydrogen-bond acceptors (Lipinski definition) is 5. The van der Waals surface area contributed by atoms with Gasteiger partial charge in [0.2, 0.25) is 10.0 Å². The quantitative estimate of drug-likeness (QED) is 0.884. The number of sulfonamides is 1. The molecule has 2 aromatic rings. The van der Waals surface area contributed by atoms with Crippen molar-refractivity contribution >= 4 is 33.2 Å². The fraction of sp³-hybridized carbons (Fsp3) is 0. The van der Waals surface area contributed by atoms with Crippen molar-refractivity contribution in [3.05, 3.63) is 41.2 Å². The summed E-state index contributed by atoms with van der Waals surface area (Å²) in [5.74, 6) is -0.581. The summed E-state index contributed by atoms with van der Waals surface area (Å²) in [6, 6.07) is 5.07. The van der Waals surface area contributed by atoms with Crippen LogP contribution in [0.3, 0.4) is 0 Å². The minimum absolute atomic E-state index is 0.0390. The van der Waals surface area contributed by atoms with E-state index in [1.54, 1.807) is 0 Å². The first-order valence-electron chi connectivity index (χ1n) is 4.92. The second-order valence-electron chi connectivity index (χ2n) is 3.53. The number of primary sulfonamides is 1. The number of hydrogen-bond donors (Lipinski definition) is 2. The number of carbonyl (C=O) groups excluding carboxylic acids is 1. The van der Waals surface area contributed by atoms with E-state index >= 15 is 0 Å². The number of nitrogens with one attached hydrogen (secondary N) is 1. The third kappa shape index (κ3) is 3.11. The molecule has 0 aliphatic heterocycles. The van der Waals surface area contributed by atoms with Gasteiger partial charge in [-0.2, -0.15) is 0 Å². The molecule has 0 radical (unpaired) electrons. The van der Waals surface area contributed by atoms with Gasteiger partial charge in [-0.05, 0) is 18.2 Å². The number of carbonyl (C=O) groups is 1. The van der Waals surface area contributed by atoms with E-state index in [4.69, 9.17) is 16.7 Å². The van der Waals surface area contributed by atoms with Gasteiger partial charge in [0.05, 0.1) is 15.6 Å². The first kappa shape index (κ1) is 13.5. The van der Waals surface area contributed by atoms with Gasteiger partial charge in [0.25, 0.3) is 5.91 Å². The van der Waals surface area contributed by atoms with E-state index in [1.165, 1.54) is 24.5 Å². The number of benzene rings is 1. The highest BCUT2D eigenvalue weighted by Gasteiger charge is 2.14. The Morgan fingerprint density at radius 3 is 2.68 bits per heavy atom. The molecule has 0 spiro atoms. The third-order valence-corrected chi connectivity index (χ3v) is 3.43. The van der Waals surface area contributed by atoms with Crippen molar-refractivity contribution in [2.75, 3.05) is 5.32 Å². The molecule has 0 aliphatic rings. The van der Waals surface area contributed by atoms with Gasteiger partial charge in [0.15, 0.2) is 5.69 Å². The van der Waals surface area contributed by atoms with E-state index in [0.717, 1.165) is 6.07 Å². The van der Waals surface area contributed by atoms with Crippen LogP contribution in [0, 0.1) is 0 Å². The molecule has 0 fully saturated rings. The van der Waals surface area contributed by atoms with Crippen LogP contribution < -0.4 is 10.5 Å². The van der Waals surface area contributed by atoms with E-state index in [9.17, 15) is 13.2 Å². The Morgan fingerprint density at radius 2 is 2.11 bits per heavy atom. The first-order chi connectivity index (χ1) is 8.88. The van der Waals surface area contributed by atoms with E-state index in [-0.39, 0.29) is 21.3 Å². The Balaban J connectivity index is 2.32. The van der Waals surface area contributed by atoms with Crippen LogP contribution in [0.2, 0.25) is 5.02 Å². The molecule has 9 heteroatoms. The second-order valence-corrected chi connectivity index (χ2v) is 5.49. The molecule has 3 N–H and O–H groups in total. The predicted octanol–water partition coefficient (Wildman–Crippen LogP) is 1.23. The minimum atomic E-state index is -3.88. The topological polar surface area (TPSA) is 115 Å². The predicted molar refractivity (Wildman–Crippen MR) is 67.3 cm³/mol. The Bertz CT molecular complexity index is 712. The number of aromatic nitrogens is 1. The van der Waals surface area contributed by atoms with Gasteiger partial charge < -0.3 is 9.84 Å². The van der Waals surface area contributed by atoms with Crippen LogP contribution in [0.25, 0.3) is 0 Å². The molecule has 0 saturated carbocycles. The lowest BCUT2D eigenvalue weighted by atomic mass is 10.3. The molecule has 0 aliphatic carbocycles. The van der Waals surface area contributed by atoms with Gasteiger partial charge in [-0.3, -0.25) is 4.79 Å². The average molecular weight is 302 g/mol. The maximum absolute atomic E-state index is 11.7. The molecule has 1 aromatic heterocycles. The second kappa shape index (κ2) is 5.00. The summed E-state index contributed by atoms with van der Waals surface area (Å²) in [7, 11) is -3.88. The molecule has 7 nitrogen and oxygen atoms in total. The van der Waals surface area contributed by atoms with Crippen LogP contribution in [0.5, 0.6) is 0 Å². The first-order valence-corrected chi connectivity index (χ1v) is 6.84. The number of halogens is 1. The molecule has 1 amide bonds. The van der Waals surface area contributed by atoms with Crippen molar-refractivity contribution in [3.8, 4) is 0 Å². The van der Waals surface area contributed by atoms with Crippen LogP contribution in [-0.2, 0) is 10.0 Å². The zero-order valence-electron chi connectivity index (χ0n) is 9.33. The lowest BCUT2D eigenvalue weighted by Crippen LogP contribution is -2.15. The molecular formula is C10H8ClN3O4S. The number of nitrogens with zero attached hydrogens (tertiary/aromatic N) is 1. The van der Waals surface area contributed by atoms with Crippen LogP contribution in [-0.4, -0.2) is 19.5 Å². The highest BCUT2D eigenvalue weighted by molar-refractivity contribution is 7.89. The fourth-order valence-electron chi connectivity index (χ4n) is 1.29. The van der Waals surface area contributed by atoms with Gasteiger partial charge >= 0.3 is 0 Å². The Kier molecular flexibility index (Phi) is 3.56. The van der Waals surface area contributed by atoms with Crippen LogP contribution in [0.15, 0.2) is 39.9 Å². The summed E-state index contributed by atoms with van der Waals surface area (Å²) < 4.78 is 26.9. The van der Waals surface area contributed by atoms with Crippen molar-refractivity contribution in [1.82, 2.24) is 5.16 Å². The Hall–Kier alpha value is -1.90. The van der Waals surface area contributed by atoms with Crippen LogP contribution >= 0.6 is 11.6 Å². The van der Waals surface area contributed by atoms with Gasteiger partial charge in [0, 0.05) is 6.07 Å². The lowest BCUT2D eigenvalue weighted by molar-refractivity contribution is 0.101. The molecule has 0 unspecified atom stereocenters. The van der Waals surface area contributed by atoms with Gasteiger partial charge in [-0.1, -0.05) is 16.8 Å². The average Bonchev–Trinajstić information content (AvgIpc) is 2.84. The van der Waals surface area contributed by atoms with E-state index in [2.05, 4.69) is 15.0 Å². The molecule has 2 rings (SSSR count). The highest BCUT2D eigenvalue weighted by atomic mass is 35.5. The van der Waals surface area contributed by atoms with E-state index < -0.39 is 15.9 Å². The standard InChI is InChI=1S/C10H8ClN3O4S/c11-7-2-1-6(19(12,16)17)5-9(7)13-10(15)8-3-4-18-14-8/h1-5H,(H,13,15)(H2,12,16,17). The van der Waals surface area contributed by atoms with Gasteiger partial charge in [0.1, 0.15) is 6.26 Å². The number of amides is 1. The summed E-state index contributed by atoms with van der Waals surface area (Å²) in [6.07, 6.45) is 1.23. The molecule has 0 bridgehead atoms. The van der Waals surface area contributed by atoms with Crippen molar-refractivity contribution in [2.24, 2.45) is 5.14 Å². The zero-order valence-corrected chi connectivity index (χ0v) is 10.9. The largest absolute Gasteiger partial charge is 0.364 e. The van der Waals surface area contributed by atoms with Gasteiger partial charge in [-0.25, -0.2) is 13.6 Å². The van der Waals surface area contributed by atoms with Crippen molar-refractivity contribution in [1.29, 1.82) is 0 Å². The van der Waals surface area contributed by atoms with Crippen molar-refractivity contribution in [2.45, 2.75) is 4.90 Å². The summed E-state index contributed by atoms with van der Waals surface area (Å²) >= 11 is 5.86. The Labute approximate surface area is 113 Å². The lowest BCUT2D eigenvalue weighted by Gasteiger charge is -2.07. The van der Waals surface area contributed by atoms with Crippen molar-refractivity contribution < 1.29 is 17.7 Å². The molecule has 1 aromatic carbocycles. The zero-order chi connectivity index (χ0) is 14.0. The maximum Gasteiger partial charge on any atom is 0.277 e. The van der Waals surface area contributed by atoms with Crippen molar-refractivity contribution in [3.63, 3.8) is 0 Å². The summed E-state index contributed by atoms with van der Waals surface area (Å²) in [5.41, 5.74) is 0.151. The molecular weight excluding hydrogens is 294 g/mol. The van der Waals surface area contributed by atoms with E-state index in [0.29, 0.717) is 0 Å². The number of nitrogens with two attached hydrogens (primary N) is 1. The fourth-order valence-corrected chi connectivity index (χ4v) is 2.00. The smallest absolute Gasteiger partial charge is 0.277 e. The van der Waals surface area contributed by atoms with Gasteiger partial charge in [-0.15, -0.1) is 0 Å². The third-order valence-electron chi connectivity index (χ3n) is 2.19. The maximum atomic E-state index is 11.7. The molecule has 1 heterocycles. The number of rotatable bonds is 3. The van der Waals surface area contributed by atoms with Crippen LogP contribution in [0.4, 0.5) is 5.69 Å². The minimum Gasteiger partial charge on any atom is -0.364 e. The molecule has 0 saturated heterocycles. The molecule has 19 heavy (non-hydrogen) atoms. The summed E-state index contributed by atoms with van der Waals surface area (Å²) in [6.45, 7) is 0. The SMILES string of the molecule is NS(=O)(=O)c1ccc(Cl)c(NC(=O)c2ccon2)c1. The summed E-state index contributed by atoms with van der Waals surface area (Å²) in [4.78, 5) is 11.6.